The number of rotatable bonds is 10. The predicted octanol–water partition coefficient (Wildman–Crippen LogP) is 8.26. The van der Waals surface area contributed by atoms with Crippen molar-refractivity contribution in [1.29, 1.82) is 5.26 Å². The molecular formula is C50H29NO16. The minimum atomic E-state index is -1.17. The Morgan fingerprint density at radius 3 is 1.39 bits per heavy atom. The van der Waals surface area contributed by atoms with Gasteiger partial charge in [0, 0.05) is 79.5 Å². The van der Waals surface area contributed by atoms with Crippen LogP contribution in [-0.4, -0.2) is 56.3 Å². The van der Waals surface area contributed by atoms with Crippen molar-refractivity contribution in [2.24, 2.45) is 0 Å². The molecule has 4 aliphatic rings. The fraction of sp³-hybridized carbons (Fsp3) is 0. The number of phenolic OH excluding ortho intramolecular Hbond substituents is 2. The highest BCUT2D eigenvalue weighted by Crippen LogP contribution is 2.46. The average molecular weight is 900 g/mol. The second kappa shape index (κ2) is 19.3. The molecule has 17 heteroatoms. The molecule has 0 aromatic heterocycles. The van der Waals surface area contributed by atoms with Gasteiger partial charge in [-0.2, -0.15) is 5.26 Å². The molecule has 0 amide bonds. The maximum absolute atomic E-state index is 13.0. The van der Waals surface area contributed by atoms with Gasteiger partial charge in [0.05, 0.1) is 17.2 Å². The molecule has 5 N–H and O–H groups in total. The Balaban J connectivity index is 0.000000199. The number of carboxylic acids is 1. The second-order valence-electron chi connectivity index (χ2n) is 14.1. The summed E-state index contributed by atoms with van der Waals surface area (Å²) in [4.78, 5) is 83.1. The molecule has 0 saturated carbocycles. The van der Waals surface area contributed by atoms with Crippen LogP contribution in [0.3, 0.4) is 0 Å². The minimum Gasteiger partial charge on any atom is -0.508 e. The van der Waals surface area contributed by atoms with Crippen LogP contribution in [0.5, 0.6) is 23.0 Å². The Morgan fingerprint density at radius 1 is 0.522 bits per heavy atom. The van der Waals surface area contributed by atoms with Gasteiger partial charge in [-0.05, 0) is 103 Å². The summed E-state index contributed by atoms with van der Waals surface area (Å²) < 4.78 is 21.9. The van der Waals surface area contributed by atoms with E-state index < -0.39 is 17.5 Å². The van der Waals surface area contributed by atoms with Gasteiger partial charge in [0.2, 0.25) is 11.6 Å². The lowest BCUT2D eigenvalue weighted by atomic mass is 9.91. The number of hydrogen-bond acceptors (Lipinski definition) is 16. The first kappa shape index (κ1) is 45.3. The van der Waals surface area contributed by atoms with Crippen molar-refractivity contribution in [1.82, 2.24) is 0 Å². The van der Waals surface area contributed by atoms with E-state index >= 15 is 0 Å². The SMILES string of the molecule is N#Cc1ccc(C(=O)C(=O)c2ccc(-c3c4ccc(=O)cc-4oc4cc(O)ccc34)c(OC=O)c2)cc1.O=COc1cc(C(=O)O)ccc1-c1c2ccc(=O)cc-2oc2cc(O)ccc12.OO. The molecule has 2 aliphatic heterocycles. The summed E-state index contributed by atoms with van der Waals surface area (Å²) in [6.45, 7) is 0.415. The summed E-state index contributed by atoms with van der Waals surface area (Å²) >= 11 is 0. The number of carbonyl (C=O) groups excluding carboxylic acids is 4. The highest BCUT2D eigenvalue weighted by Gasteiger charge is 2.25. The van der Waals surface area contributed by atoms with Crippen LogP contribution in [0.15, 0.2) is 152 Å². The van der Waals surface area contributed by atoms with Crippen molar-refractivity contribution in [2.75, 3.05) is 0 Å². The number of fused-ring (bicyclic) bond motifs is 4. The summed E-state index contributed by atoms with van der Waals surface area (Å²) in [6, 6.07) is 33.5. The lowest BCUT2D eigenvalue weighted by molar-refractivity contribution is -0.176. The van der Waals surface area contributed by atoms with Crippen LogP contribution in [0, 0.1) is 11.3 Å². The Hall–Kier alpha value is -9.76. The molecule has 330 valence electrons. The average Bonchev–Trinajstić information content (AvgIpc) is 3.33. The molecule has 9 rings (SSSR count). The Morgan fingerprint density at radius 2 is 0.940 bits per heavy atom. The number of nitriles is 1. The zero-order valence-corrected chi connectivity index (χ0v) is 34.0. The van der Waals surface area contributed by atoms with Crippen LogP contribution >= 0.6 is 0 Å². The number of benzene rings is 7. The number of hydrogen-bond donors (Lipinski definition) is 5. The van der Waals surface area contributed by atoms with Crippen LogP contribution in [0.1, 0.15) is 36.6 Å². The van der Waals surface area contributed by atoms with Gasteiger partial charge in [0.1, 0.15) is 45.7 Å². The van der Waals surface area contributed by atoms with Gasteiger partial charge in [0.25, 0.3) is 12.9 Å². The Bertz CT molecular complexity index is 3530. The molecule has 0 unspecified atom stereocenters. The molecule has 0 atom stereocenters. The summed E-state index contributed by atoms with van der Waals surface area (Å²) in [5.74, 6) is -2.29. The number of nitrogens with zero attached hydrogens (tertiary/aromatic N) is 1. The highest BCUT2D eigenvalue weighted by atomic mass is 17.0. The van der Waals surface area contributed by atoms with E-state index in [0.29, 0.717) is 55.3 Å². The van der Waals surface area contributed by atoms with Gasteiger partial charge in [-0.3, -0.25) is 39.3 Å². The third-order valence-corrected chi connectivity index (χ3v) is 10.2. The molecule has 5 aromatic rings. The van der Waals surface area contributed by atoms with E-state index in [2.05, 4.69) is 0 Å². The lowest BCUT2D eigenvalue weighted by Crippen LogP contribution is -2.14. The van der Waals surface area contributed by atoms with E-state index in [-0.39, 0.29) is 80.6 Å². The van der Waals surface area contributed by atoms with Crippen molar-refractivity contribution < 1.29 is 68.1 Å². The van der Waals surface area contributed by atoms with E-state index in [0.717, 1.165) is 0 Å². The maximum atomic E-state index is 13.0. The maximum Gasteiger partial charge on any atom is 0.335 e. The highest BCUT2D eigenvalue weighted by molar-refractivity contribution is 6.49. The van der Waals surface area contributed by atoms with Crippen LogP contribution in [0.4, 0.5) is 0 Å². The van der Waals surface area contributed by atoms with Gasteiger partial charge in [-0.25, -0.2) is 4.79 Å². The third kappa shape index (κ3) is 9.18. The fourth-order valence-corrected chi connectivity index (χ4v) is 7.29. The first-order valence-corrected chi connectivity index (χ1v) is 19.3. The van der Waals surface area contributed by atoms with Crippen LogP contribution in [0.2, 0.25) is 0 Å². The summed E-state index contributed by atoms with van der Waals surface area (Å²) in [6.07, 6.45) is 0. The Kier molecular flexibility index (Phi) is 13.1. The van der Waals surface area contributed by atoms with Crippen molar-refractivity contribution >= 4 is 52.4 Å². The molecular weight excluding hydrogens is 871 g/mol. The number of ketones is 2. The quantitative estimate of drug-likeness (QED) is 0.0215. The van der Waals surface area contributed by atoms with Gasteiger partial charge >= 0.3 is 5.97 Å². The largest absolute Gasteiger partial charge is 0.508 e. The molecule has 5 aromatic carbocycles. The zero-order valence-electron chi connectivity index (χ0n) is 34.0. The van der Waals surface area contributed by atoms with Gasteiger partial charge in [0.15, 0.2) is 10.9 Å². The molecule has 17 nitrogen and oxygen atoms in total. The number of aromatic hydroxyl groups is 2. The monoisotopic (exact) mass is 899 g/mol. The van der Waals surface area contributed by atoms with Gasteiger partial charge < -0.3 is 33.6 Å². The minimum absolute atomic E-state index is 0.00144. The van der Waals surface area contributed by atoms with E-state index in [1.807, 2.05) is 6.07 Å². The van der Waals surface area contributed by atoms with Crippen LogP contribution < -0.4 is 20.3 Å². The number of phenols is 2. The molecule has 2 heterocycles. The number of Topliss-reactive ketones (excluding diaryl/α,β-unsaturated/α-hetero) is 2. The molecule has 0 bridgehead atoms. The van der Waals surface area contributed by atoms with Crippen molar-refractivity contribution in [2.45, 2.75) is 0 Å². The topological polar surface area (TPSA) is 289 Å². The number of aromatic carboxylic acids is 1. The standard InChI is InChI=1S/C29H15NO7.C21H12O7.H2O2/c30-14-16-1-3-17(4-2-16)28(34)29(35)18-5-8-21(24(11-18)36-15-31)27-22-9-6-19(32)12-25(22)37-26-13-20(33)7-10-23(26)27;22-10-27-17-7-11(21(25)26)1-4-14(17)20-15-5-2-12(23)8-18(15)28-19-9-13(24)3-6-16(19)20;1-2/h1-13,15,32H;1-10,23H,(H,25,26);1-2H. The summed E-state index contributed by atoms with van der Waals surface area (Å²) in [5, 5.41) is 51.0. The normalized spacial score (nSPS) is 10.5. The first-order valence-electron chi connectivity index (χ1n) is 19.3. The first-order chi connectivity index (χ1) is 32.4. The third-order valence-electron chi connectivity index (χ3n) is 10.2. The molecule has 2 aliphatic carbocycles. The zero-order chi connectivity index (χ0) is 47.9. The molecule has 0 saturated heterocycles. The Labute approximate surface area is 375 Å². The molecule has 0 fully saturated rings. The van der Waals surface area contributed by atoms with Crippen LogP contribution in [-0.2, 0) is 9.59 Å². The number of ether oxygens (including phenoxy) is 2. The van der Waals surface area contributed by atoms with Crippen molar-refractivity contribution in [3.05, 3.63) is 176 Å². The van der Waals surface area contributed by atoms with Crippen molar-refractivity contribution in [3.8, 4) is 74.0 Å². The van der Waals surface area contributed by atoms with Gasteiger partial charge in [-0.15, -0.1) is 0 Å². The number of carbonyl (C=O) groups is 5. The van der Waals surface area contributed by atoms with Crippen molar-refractivity contribution in [3.63, 3.8) is 0 Å². The van der Waals surface area contributed by atoms with E-state index in [1.54, 1.807) is 24.3 Å². The molecule has 0 radical (unpaired) electrons. The van der Waals surface area contributed by atoms with E-state index in [4.69, 9.17) is 34.1 Å². The lowest BCUT2D eigenvalue weighted by Gasteiger charge is -2.17. The summed E-state index contributed by atoms with van der Waals surface area (Å²) in [5.41, 5.74) is 3.49. The van der Waals surface area contributed by atoms with Gasteiger partial charge in [-0.1, -0.05) is 6.07 Å². The molecule has 67 heavy (non-hydrogen) atoms. The van der Waals surface area contributed by atoms with E-state index in [9.17, 15) is 48.9 Å². The second-order valence-corrected chi connectivity index (χ2v) is 14.1. The fourth-order valence-electron chi connectivity index (χ4n) is 7.29. The predicted molar refractivity (Wildman–Crippen MR) is 238 cm³/mol. The summed E-state index contributed by atoms with van der Waals surface area (Å²) in [7, 11) is 0. The van der Waals surface area contributed by atoms with Crippen LogP contribution in [0.25, 0.3) is 66.8 Å². The molecule has 0 spiro atoms. The van der Waals surface area contributed by atoms with E-state index in [1.165, 1.54) is 109 Å². The smallest absolute Gasteiger partial charge is 0.335 e. The number of carboxylic acid groups (broad SMARTS) is 1.